The zero-order valence-corrected chi connectivity index (χ0v) is 9.09. The van der Waals surface area contributed by atoms with Crippen molar-refractivity contribution < 1.29 is 19.8 Å². The van der Waals surface area contributed by atoms with Crippen molar-refractivity contribution in [3.05, 3.63) is 29.8 Å². The van der Waals surface area contributed by atoms with Gasteiger partial charge in [0.15, 0.2) is 0 Å². The number of carboxylic acids is 1. The first kappa shape index (κ1) is 11.4. The predicted molar refractivity (Wildman–Crippen MR) is 59.4 cm³/mol. The molecule has 1 amide bonds. The van der Waals surface area contributed by atoms with E-state index in [1.807, 2.05) is 0 Å². The second kappa shape index (κ2) is 4.45. The Morgan fingerprint density at radius 2 is 2.12 bits per heavy atom. The van der Waals surface area contributed by atoms with E-state index in [1.165, 1.54) is 0 Å². The summed E-state index contributed by atoms with van der Waals surface area (Å²) in [4.78, 5) is 22.3. The Balaban J connectivity index is 2.12. The van der Waals surface area contributed by atoms with Crippen LogP contribution in [0.3, 0.4) is 0 Å². The Morgan fingerprint density at radius 1 is 1.35 bits per heavy atom. The van der Waals surface area contributed by atoms with Gasteiger partial charge in [0.1, 0.15) is 11.7 Å². The molecule has 2 rings (SSSR count). The number of aliphatic carboxylic acids is 1. The number of phenols is 1. The second-order valence-corrected chi connectivity index (χ2v) is 4.12. The topological polar surface area (TPSA) is 86.6 Å². The average Bonchev–Trinajstić information content (AvgIpc) is 2.28. The number of hydrogen-bond donors (Lipinski definition) is 3. The summed E-state index contributed by atoms with van der Waals surface area (Å²) in [6, 6.07) is 6.40. The van der Waals surface area contributed by atoms with E-state index in [9.17, 15) is 14.7 Å². The van der Waals surface area contributed by atoms with Gasteiger partial charge in [0.2, 0.25) is 5.91 Å². The van der Waals surface area contributed by atoms with Crippen LogP contribution >= 0.6 is 0 Å². The molecule has 1 saturated heterocycles. The molecule has 90 valence electrons. The summed E-state index contributed by atoms with van der Waals surface area (Å²) in [5.41, 5.74) is 0.794. The van der Waals surface area contributed by atoms with E-state index in [0.29, 0.717) is 12.8 Å². The molecule has 17 heavy (non-hydrogen) atoms. The third kappa shape index (κ3) is 2.38. The molecule has 0 radical (unpaired) electrons. The SMILES string of the molecule is O=C(O)C1CCC(c2cccc(O)c2)NC1=O. The molecule has 0 bridgehead atoms. The molecule has 1 aromatic carbocycles. The number of phenolic OH excluding ortho intramolecular Hbond substituents is 1. The monoisotopic (exact) mass is 235 g/mol. The summed E-state index contributed by atoms with van der Waals surface area (Å²) in [6.07, 6.45) is 0.883. The number of benzene rings is 1. The minimum atomic E-state index is -1.09. The van der Waals surface area contributed by atoms with Gasteiger partial charge in [0, 0.05) is 0 Å². The van der Waals surface area contributed by atoms with Crippen LogP contribution < -0.4 is 5.32 Å². The molecule has 1 fully saturated rings. The Kier molecular flexibility index (Phi) is 2.99. The molecule has 0 spiro atoms. The fraction of sp³-hybridized carbons (Fsp3) is 0.333. The van der Waals surface area contributed by atoms with Crippen molar-refractivity contribution in [3.63, 3.8) is 0 Å². The van der Waals surface area contributed by atoms with Gasteiger partial charge in [-0.3, -0.25) is 9.59 Å². The number of piperidine rings is 1. The fourth-order valence-electron chi connectivity index (χ4n) is 2.04. The van der Waals surface area contributed by atoms with Gasteiger partial charge in [0.25, 0.3) is 0 Å². The molecule has 2 atom stereocenters. The van der Waals surface area contributed by atoms with E-state index in [4.69, 9.17) is 5.11 Å². The van der Waals surface area contributed by atoms with E-state index in [2.05, 4.69) is 5.32 Å². The highest BCUT2D eigenvalue weighted by Crippen LogP contribution is 2.28. The highest BCUT2D eigenvalue weighted by molar-refractivity contribution is 5.97. The molecule has 1 aromatic rings. The normalized spacial score (nSPS) is 24.1. The third-order valence-electron chi connectivity index (χ3n) is 2.95. The number of carbonyl (C=O) groups excluding carboxylic acids is 1. The van der Waals surface area contributed by atoms with Crippen LogP contribution in [0.15, 0.2) is 24.3 Å². The van der Waals surface area contributed by atoms with Gasteiger partial charge < -0.3 is 15.5 Å². The number of rotatable bonds is 2. The average molecular weight is 235 g/mol. The molecular formula is C12H13NO4. The van der Waals surface area contributed by atoms with Crippen molar-refractivity contribution >= 4 is 11.9 Å². The summed E-state index contributed by atoms with van der Waals surface area (Å²) in [6.45, 7) is 0. The van der Waals surface area contributed by atoms with E-state index >= 15 is 0 Å². The Morgan fingerprint density at radius 3 is 2.71 bits per heavy atom. The van der Waals surface area contributed by atoms with Gasteiger partial charge in [-0.1, -0.05) is 12.1 Å². The Labute approximate surface area is 98.1 Å². The smallest absolute Gasteiger partial charge is 0.316 e. The van der Waals surface area contributed by atoms with Gasteiger partial charge >= 0.3 is 5.97 Å². The molecule has 0 saturated carbocycles. The molecule has 5 nitrogen and oxygen atoms in total. The Bertz CT molecular complexity index is 458. The lowest BCUT2D eigenvalue weighted by Gasteiger charge is -2.27. The standard InChI is InChI=1S/C12H13NO4/c14-8-3-1-2-7(6-8)10-5-4-9(12(16)17)11(15)13-10/h1-3,6,9-10,14H,4-5H2,(H,13,15)(H,16,17). The van der Waals surface area contributed by atoms with Gasteiger partial charge in [-0.05, 0) is 30.5 Å². The van der Waals surface area contributed by atoms with Gasteiger partial charge in [-0.15, -0.1) is 0 Å². The van der Waals surface area contributed by atoms with E-state index < -0.39 is 17.8 Å². The van der Waals surface area contributed by atoms with Crippen LogP contribution in [0, 0.1) is 5.92 Å². The van der Waals surface area contributed by atoms with Crippen molar-refractivity contribution in [3.8, 4) is 5.75 Å². The predicted octanol–water partition coefficient (Wildman–Crippen LogP) is 1.04. The van der Waals surface area contributed by atoms with Crippen molar-refractivity contribution in [2.45, 2.75) is 18.9 Å². The van der Waals surface area contributed by atoms with Gasteiger partial charge in [-0.2, -0.15) is 0 Å². The molecule has 1 aliphatic heterocycles. The maximum atomic E-state index is 11.5. The van der Waals surface area contributed by atoms with Crippen molar-refractivity contribution in [1.29, 1.82) is 0 Å². The molecule has 1 heterocycles. The molecular weight excluding hydrogens is 222 g/mol. The van der Waals surface area contributed by atoms with Crippen LogP contribution in [0.4, 0.5) is 0 Å². The number of nitrogens with one attached hydrogen (secondary N) is 1. The first-order valence-corrected chi connectivity index (χ1v) is 5.40. The highest BCUT2D eigenvalue weighted by atomic mass is 16.4. The number of carbonyl (C=O) groups is 2. The van der Waals surface area contributed by atoms with Gasteiger partial charge in [-0.25, -0.2) is 0 Å². The molecule has 5 heteroatoms. The summed E-state index contributed by atoms with van der Waals surface area (Å²) in [5.74, 6) is -2.37. The maximum absolute atomic E-state index is 11.5. The number of amides is 1. The zero-order chi connectivity index (χ0) is 12.4. The van der Waals surface area contributed by atoms with Crippen molar-refractivity contribution in [2.75, 3.05) is 0 Å². The molecule has 0 aromatic heterocycles. The van der Waals surface area contributed by atoms with Crippen molar-refractivity contribution in [2.24, 2.45) is 5.92 Å². The van der Waals surface area contributed by atoms with Crippen LogP contribution in [0.25, 0.3) is 0 Å². The summed E-state index contributed by atoms with van der Waals surface area (Å²) in [5, 5.41) is 20.8. The molecule has 3 N–H and O–H groups in total. The molecule has 1 aliphatic rings. The van der Waals surface area contributed by atoms with E-state index in [-0.39, 0.29) is 11.8 Å². The first-order valence-electron chi connectivity index (χ1n) is 5.40. The number of carboxylic acid groups (broad SMARTS) is 1. The minimum Gasteiger partial charge on any atom is -0.508 e. The molecule has 2 unspecified atom stereocenters. The second-order valence-electron chi connectivity index (χ2n) is 4.12. The fourth-order valence-corrected chi connectivity index (χ4v) is 2.04. The first-order chi connectivity index (χ1) is 8.08. The lowest BCUT2D eigenvalue weighted by molar-refractivity contribution is -0.148. The summed E-state index contributed by atoms with van der Waals surface area (Å²) in [7, 11) is 0. The number of aromatic hydroxyl groups is 1. The van der Waals surface area contributed by atoms with Crippen LogP contribution in [0.1, 0.15) is 24.4 Å². The highest BCUT2D eigenvalue weighted by Gasteiger charge is 2.33. The summed E-state index contributed by atoms with van der Waals surface area (Å²) < 4.78 is 0. The van der Waals surface area contributed by atoms with Crippen LogP contribution in [-0.2, 0) is 9.59 Å². The van der Waals surface area contributed by atoms with Crippen LogP contribution in [0.5, 0.6) is 5.75 Å². The van der Waals surface area contributed by atoms with Crippen LogP contribution in [0.2, 0.25) is 0 Å². The van der Waals surface area contributed by atoms with Crippen molar-refractivity contribution in [1.82, 2.24) is 5.32 Å². The number of hydrogen-bond acceptors (Lipinski definition) is 3. The maximum Gasteiger partial charge on any atom is 0.316 e. The minimum absolute atomic E-state index is 0.136. The largest absolute Gasteiger partial charge is 0.508 e. The van der Waals surface area contributed by atoms with Crippen LogP contribution in [-0.4, -0.2) is 22.1 Å². The van der Waals surface area contributed by atoms with E-state index in [1.54, 1.807) is 24.3 Å². The Hall–Kier alpha value is -2.04. The quantitative estimate of drug-likeness (QED) is 0.668. The lowest BCUT2D eigenvalue weighted by atomic mass is 9.90. The third-order valence-corrected chi connectivity index (χ3v) is 2.95. The van der Waals surface area contributed by atoms with E-state index in [0.717, 1.165) is 5.56 Å². The van der Waals surface area contributed by atoms with Gasteiger partial charge in [0.05, 0.1) is 6.04 Å². The molecule has 0 aliphatic carbocycles. The zero-order valence-electron chi connectivity index (χ0n) is 9.09. The summed E-state index contributed by atoms with van der Waals surface area (Å²) >= 11 is 0. The lowest BCUT2D eigenvalue weighted by Crippen LogP contribution is -2.42.